The minimum atomic E-state index is -1.88. The molecular formula is C21H24Cl3NO10. The van der Waals surface area contributed by atoms with Gasteiger partial charge in [0, 0.05) is 20.8 Å². The van der Waals surface area contributed by atoms with Gasteiger partial charge in [-0.3, -0.25) is 14.4 Å². The average Bonchev–Trinajstić information content (AvgIpc) is 2.74. The molecular weight excluding hydrogens is 533 g/mol. The Labute approximate surface area is 216 Å². The molecule has 0 unspecified atom stereocenters. The Morgan fingerprint density at radius 3 is 2.06 bits per heavy atom. The van der Waals surface area contributed by atoms with Crippen LogP contribution in [0.5, 0.6) is 5.75 Å². The fraction of sp³-hybridized carbons (Fsp3) is 0.524. The van der Waals surface area contributed by atoms with Gasteiger partial charge in [0.05, 0.1) is 0 Å². The third kappa shape index (κ3) is 9.96. The second-order valence-electron chi connectivity index (χ2n) is 7.29. The molecule has 2 rings (SSSR count). The lowest BCUT2D eigenvalue weighted by Gasteiger charge is -2.44. The molecule has 14 heteroatoms. The van der Waals surface area contributed by atoms with E-state index in [0.29, 0.717) is 5.75 Å². The second kappa shape index (κ2) is 13.0. The highest BCUT2D eigenvalue weighted by molar-refractivity contribution is 6.67. The van der Waals surface area contributed by atoms with Crippen LogP contribution < -0.4 is 10.1 Å². The third-order valence-electron chi connectivity index (χ3n) is 4.35. The molecule has 0 aromatic heterocycles. The first-order valence-corrected chi connectivity index (χ1v) is 11.3. The van der Waals surface area contributed by atoms with Crippen LogP contribution in [-0.4, -0.2) is 71.7 Å². The summed E-state index contributed by atoms with van der Waals surface area (Å²) in [6, 6.07) is 7.08. The highest BCUT2D eigenvalue weighted by Gasteiger charge is 2.52. The molecule has 11 nitrogen and oxygen atoms in total. The van der Waals surface area contributed by atoms with Gasteiger partial charge in [-0.25, -0.2) is 4.79 Å². The van der Waals surface area contributed by atoms with Crippen molar-refractivity contribution >= 4 is 58.8 Å². The molecule has 1 aliphatic rings. The molecule has 1 aliphatic heterocycles. The van der Waals surface area contributed by atoms with Gasteiger partial charge in [-0.15, -0.1) is 0 Å². The van der Waals surface area contributed by atoms with Gasteiger partial charge in [0.15, 0.2) is 12.2 Å². The van der Waals surface area contributed by atoms with Gasteiger partial charge < -0.3 is 33.7 Å². The number of para-hydroxylation sites is 1. The van der Waals surface area contributed by atoms with Crippen molar-refractivity contribution in [2.45, 2.75) is 55.2 Å². The third-order valence-corrected chi connectivity index (χ3v) is 4.68. The lowest BCUT2D eigenvalue weighted by molar-refractivity contribution is -0.256. The molecule has 5 atom stereocenters. The van der Waals surface area contributed by atoms with E-state index in [2.05, 4.69) is 5.32 Å². The normalized spacial score (nSPS) is 24.0. The van der Waals surface area contributed by atoms with E-state index in [9.17, 15) is 19.2 Å². The summed E-state index contributed by atoms with van der Waals surface area (Å²) in [6.07, 6.45) is -6.17. The van der Waals surface area contributed by atoms with Crippen LogP contribution >= 0.6 is 34.8 Å². The number of hydrogen-bond acceptors (Lipinski definition) is 10. The van der Waals surface area contributed by atoms with Crippen molar-refractivity contribution in [1.29, 1.82) is 0 Å². The van der Waals surface area contributed by atoms with Crippen molar-refractivity contribution in [2.24, 2.45) is 0 Å². The summed E-state index contributed by atoms with van der Waals surface area (Å²) < 4.78 is 30.6. The smallest absolute Gasteiger partial charge is 0.407 e. The predicted octanol–water partition coefficient (Wildman–Crippen LogP) is 2.68. The van der Waals surface area contributed by atoms with Gasteiger partial charge in [0.2, 0.25) is 10.1 Å². The summed E-state index contributed by atoms with van der Waals surface area (Å²) in [4.78, 5) is 47.6. The van der Waals surface area contributed by atoms with Crippen LogP contribution in [0.1, 0.15) is 20.8 Å². The van der Waals surface area contributed by atoms with Crippen LogP contribution in [0.2, 0.25) is 0 Å². The number of alkyl carbamates (subject to hydrolysis) is 1. The van der Waals surface area contributed by atoms with Gasteiger partial charge >= 0.3 is 24.0 Å². The molecule has 1 heterocycles. The first-order valence-electron chi connectivity index (χ1n) is 10.2. The van der Waals surface area contributed by atoms with Gasteiger partial charge in [-0.05, 0) is 12.1 Å². The molecule has 0 bridgehead atoms. The first kappa shape index (κ1) is 28.8. The van der Waals surface area contributed by atoms with Gasteiger partial charge in [-0.2, -0.15) is 0 Å². The Kier molecular flexibility index (Phi) is 10.7. The summed E-state index contributed by atoms with van der Waals surface area (Å²) >= 11 is 16.9. The number of carbonyl (C=O) groups excluding carboxylic acids is 4. The topological polar surface area (TPSA) is 136 Å². The number of hydrogen-bond donors (Lipinski definition) is 1. The minimum absolute atomic E-state index is 0.331. The summed E-state index contributed by atoms with van der Waals surface area (Å²) in [5, 5.41) is 2.44. The Balaban J connectivity index is 2.42. The molecule has 1 aromatic rings. The average molecular weight is 557 g/mol. The monoisotopic (exact) mass is 555 g/mol. The number of ether oxygens (including phenoxy) is 6. The Morgan fingerprint density at radius 1 is 0.914 bits per heavy atom. The fourth-order valence-electron chi connectivity index (χ4n) is 3.11. The number of nitrogens with one attached hydrogen (secondary N) is 1. The molecule has 0 aliphatic carbocycles. The zero-order valence-corrected chi connectivity index (χ0v) is 21.2. The summed E-state index contributed by atoms with van der Waals surface area (Å²) in [5.74, 6) is -1.81. The van der Waals surface area contributed by atoms with E-state index in [1.54, 1.807) is 30.3 Å². The van der Waals surface area contributed by atoms with Crippen LogP contribution in [0.3, 0.4) is 0 Å². The lowest BCUT2D eigenvalue weighted by Crippen LogP contribution is -2.67. The van der Waals surface area contributed by atoms with Crippen LogP contribution in [0.25, 0.3) is 0 Å². The molecule has 1 saturated heterocycles. The number of alkyl halides is 3. The van der Waals surface area contributed by atoms with Crippen molar-refractivity contribution in [3.8, 4) is 5.75 Å². The number of rotatable bonds is 8. The van der Waals surface area contributed by atoms with E-state index in [1.807, 2.05) is 0 Å². The SMILES string of the molecule is CC(=O)OC[C@H]1O[C@@H](Oc2ccccc2)[C@H](NC(=O)OCC(Cl)(Cl)Cl)[C@@H](OC(C)=O)[C@@H]1OC(C)=O. The standard InChI is InChI=1S/C21H24Cl3NO10/c1-11(26)30-9-15-17(32-12(2)27)18(33-13(3)28)16(25-20(29)31-10-21(22,23)24)19(35-15)34-14-7-5-4-6-8-14/h4-8,15-19H,9-10H2,1-3H3,(H,25,29)/t15-,16-,17-,18-,19-/m1/s1. The van der Waals surface area contributed by atoms with Crippen LogP contribution in [0.4, 0.5) is 4.79 Å². The van der Waals surface area contributed by atoms with E-state index in [4.69, 9.17) is 63.2 Å². The molecule has 194 valence electrons. The van der Waals surface area contributed by atoms with Crippen LogP contribution in [0, 0.1) is 0 Å². The van der Waals surface area contributed by atoms with Crippen molar-refractivity contribution in [3.63, 3.8) is 0 Å². The Morgan fingerprint density at radius 2 is 1.51 bits per heavy atom. The van der Waals surface area contributed by atoms with Gasteiger partial charge in [0.25, 0.3) is 0 Å². The van der Waals surface area contributed by atoms with E-state index in [-0.39, 0.29) is 6.61 Å². The quantitative estimate of drug-likeness (QED) is 0.289. The maximum atomic E-state index is 12.5. The maximum Gasteiger partial charge on any atom is 0.407 e. The zero-order valence-electron chi connectivity index (χ0n) is 18.9. The van der Waals surface area contributed by atoms with Gasteiger partial charge in [-0.1, -0.05) is 53.0 Å². The summed E-state index contributed by atoms with van der Waals surface area (Å²) in [7, 11) is 0. The van der Waals surface area contributed by atoms with Crippen molar-refractivity contribution in [2.75, 3.05) is 13.2 Å². The molecule has 1 N–H and O–H groups in total. The van der Waals surface area contributed by atoms with Crippen molar-refractivity contribution in [3.05, 3.63) is 30.3 Å². The fourth-order valence-corrected chi connectivity index (χ4v) is 3.28. The lowest BCUT2D eigenvalue weighted by atomic mass is 9.96. The Hall–Kier alpha value is -2.47. The number of amides is 1. The number of halogens is 3. The highest BCUT2D eigenvalue weighted by atomic mass is 35.6. The van der Waals surface area contributed by atoms with Crippen LogP contribution in [0.15, 0.2) is 30.3 Å². The molecule has 0 spiro atoms. The molecule has 1 amide bonds. The van der Waals surface area contributed by atoms with E-state index < -0.39 is 65.0 Å². The van der Waals surface area contributed by atoms with Crippen molar-refractivity contribution < 1.29 is 47.6 Å². The molecule has 0 radical (unpaired) electrons. The maximum absolute atomic E-state index is 12.5. The molecule has 1 fully saturated rings. The predicted molar refractivity (Wildman–Crippen MR) is 122 cm³/mol. The zero-order chi connectivity index (χ0) is 26.2. The molecule has 35 heavy (non-hydrogen) atoms. The van der Waals surface area contributed by atoms with Crippen molar-refractivity contribution in [1.82, 2.24) is 5.32 Å². The molecule has 0 saturated carbocycles. The minimum Gasteiger partial charge on any atom is -0.463 e. The number of benzene rings is 1. The first-order chi connectivity index (χ1) is 16.4. The van der Waals surface area contributed by atoms with E-state index >= 15 is 0 Å². The number of esters is 3. The Bertz CT molecular complexity index is 895. The second-order valence-corrected chi connectivity index (χ2v) is 9.80. The van der Waals surface area contributed by atoms with E-state index in [1.165, 1.54) is 6.92 Å². The van der Waals surface area contributed by atoms with E-state index in [0.717, 1.165) is 13.8 Å². The largest absolute Gasteiger partial charge is 0.463 e. The van der Waals surface area contributed by atoms with Crippen LogP contribution in [-0.2, 0) is 38.1 Å². The highest BCUT2D eigenvalue weighted by Crippen LogP contribution is 2.30. The summed E-state index contributed by atoms with van der Waals surface area (Å²) in [6.45, 7) is 2.45. The number of carbonyl (C=O) groups is 4. The van der Waals surface area contributed by atoms with Gasteiger partial charge in [0.1, 0.15) is 31.1 Å². The summed E-state index contributed by atoms with van der Waals surface area (Å²) in [5.41, 5.74) is 0. The molecule has 1 aromatic carbocycles.